The maximum Gasteiger partial charge on any atom is 0.0793 e. The molecule has 1 aliphatic carbocycles. The fourth-order valence-corrected chi connectivity index (χ4v) is 2.03. The second-order valence-corrected chi connectivity index (χ2v) is 4.39. The molecule has 2 N–H and O–H groups in total. The summed E-state index contributed by atoms with van der Waals surface area (Å²) in [5.41, 5.74) is 7.13. The van der Waals surface area contributed by atoms with Crippen LogP contribution in [-0.2, 0) is 0 Å². The van der Waals surface area contributed by atoms with Crippen molar-refractivity contribution in [2.24, 2.45) is 11.1 Å². The van der Waals surface area contributed by atoms with Gasteiger partial charge in [-0.3, -0.25) is 0 Å². The SMILES string of the molecule is CC1(C(N)=S)CC1c1ccccc1. The zero-order valence-electron chi connectivity index (χ0n) is 7.66. The van der Waals surface area contributed by atoms with E-state index in [2.05, 4.69) is 31.2 Å². The minimum Gasteiger partial charge on any atom is -0.393 e. The highest BCUT2D eigenvalue weighted by atomic mass is 32.1. The molecule has 0 spiro atoms. The first-order valence-electron chi connectivity index (χ1n) is 4.49. The quantitative estimate of drug-likeness (QED) is 0.727. The second-order valence-electron chi connectivity index (χ2n) is 3.95. The van der Waals surface area contributed by atoms with Gasteiger partial charge in [-0.15, -0.1) is 0 Å². The summed E-state index contributed by atoms with van der Waals surface area (Å²) in [7, 11) is 0. The molecule has 1 aromatic carbocycles. The van der Waals surface area contributed by atoms with Crippen LogP contribution in [0.4, 0.5) is 0 Å². The fraction of sp³-hybridized carbons (Fsp3) is 0.364. The molecule has 2 atom stereocenters. The first-order chi connectivity index (χ1) is 6.14. The third-order valence-electron chi connectivity index (χ3n) is 3.00. The molecule has 0 aromatic heterocycles. The molecule has 0 radical (unpaired) electrons. The van der Waals surface area contributed by atoms with E-state index in [4.69, 9.17) is 18.0 Å². The van der Waals surface area contributed by atoms with Crippen LogP contribution in [0.5, 0.6) is 0 Å². The lowest BCUT2D eigenvalue weighted by Gasteiger charge is -2.08. The zero-order valence-corrected chi connectivity index (χ0v) is 8.47. The molecule has 0 heterocycles. The van der Waals surface area contributed by atoms with Gasteiger partial charge in [0, 0.05) is 5.41 Å². The van der Waals surface area contributed by atoms with Gasteiger partial charge in [0.1, 0.15) is 0 Å². The summed E-state index contributed by atoms with van der Waals surface area (Å²) >= 11 is 5.05. The van der Waals surface area contributed by atoms with Gasteiger partial charge in [0.2, 0.25) is 0 Å². The molecule has 1 nitrogen and oxygen atoms in total. The highest BCUT2D eigenvalue weighted by Gasteiger charge is 2.52. The molecule has 0 aliphatic heterocycles. The molecule has 1 saturated carbocycles. The Kier molecular flexibility index (Phi) is 1.88. The minimum atomic E-state index is 0.0800. The van der Waals surface area contributed by atoms with Crippen LogP contribution in [0, 0.1) is 5.41 Å². The van der Waals surface area contributed by atoms with E-state index in [0.717, 1.165) is 6.42 Å². The van der Waals surface area contributed by atoms with Crippen molar-refractivity contribution in [2.45, 2.75) is 19.3 Å². The van der Waals surface area contributed by atoms with Gasteiger partial charge in [0.25, 0.3) is 0 Å². The van der Waals surface area contributed by atoms with E-state index in [1.807, 2.05) is 6.07 Å². The van der Waals surface area contributed by atoms with Crippen molar-refractivity contribution >= 4 is 17.2 Å². The maximum atomic E-state index is 5.69. The summed E-state index contributed by atoms with van der Waals surface area (Å²) in [6.07, 6.45) is 1.10. The maximum absolute atomic E-state index is 5.69. The zero-order chi connectivity index (χ0) is 9.47. The lowest BCUT2D eigenvalue weighted by molar-refractivity contribution is 0.766. The molecule has 2 heteroatoms. The number of benzene rings is 1. The average molecular weight is 191 g/mol. The van der Waals surface area contributed by atoms with Crippen LogP contribution in [0.1, 0.15) is 24.8 Å². The van der Waals surface area contributed by atoms with Gasteiger partial charge in [-0.2, -0.15) is 0 Å². The Morgan fingerprint density at radius 2 is 2.08 bits per heavy atom. The Morgan fingerprint density at radius 3 is 2.54 bits per heavy atom. The van der Waals surface area contributed by atoms with Gasteiger partial charge in [-0.05, 0) is 17.9 Å². The Hall–Kier alpha value is -0.890. The molecule has 1 aromatic rings. The summed E-state index contributed by atoms with van der Waals surface area (Å²) in [4.78, 5) is 0.654. The molecule has 68 valence electrons. The van der Waals surface area contributed by atoms with Gasteiger partial charge in [-0.25, -0.2) is 0 Å². The highest BCUT2D eigenvalue weighted by Crippen LogP contribution is 2.59. The second kappa shape index (κ2) is 2.81. The van der Waals surface area contributed by atoms with E-state index in [1.54, 1.807) is 0 Å². The van der Waals surface area contributed by atoms with Gasteiger partial charge in [0.05, 0.1) is 4.99 Å². The smallest absolute Gasteiger partial charge is 0.0793 e. The Labute approximate surface area is 83.9 Å². The predicted octanol–water partition coefficient (Wildman–Crippen LogP) is 2.47. The minimum absolute atomic E-state index is 0.0800. The standard InChI is InChI=1S/C11H13NS/c1-11(10(12)13)7-9(11)8-5-3-2-4-6-8/h2-6,9H,7H2,1H3,(H2,12,13). The Balaban J connectivity index is 2.21. The van der Waals surface area contributed by atoms with Gasteiger partial charge in [0.15, 0.2) is 0 Å². The molecule has 1 fully saturated rings. The number of nitrogens with two attached hydrogens (primary N) is 1. The lowest BCUT2D eigenvalue weighted by atomic mass is 10.0. The van der Waals surface area contributed by atoms with Crippen LogP contribution in [-0.4, -0.2) is 4.99 Å². The van der Waals surface area contributed by atoms with E-state index in [-0.39, 0.29) is 5.41 Å². The normalized spacial score (nSPS) is 31.3. The summed E-state index contributed by atoms with van der Waals surface area (Å²) in [6.45, 7) is 2.15. The number of hydrogen-bond acceptors (Lipinski definition) is 1. The van der Waals surface area contributed by atoms with Gasteiger partial charge < -0.3 is 5.73 Å². The number of rotatable bonds is 2. The largest absolute Gasteiger partial charge is 0.393 e. The molecular weight excluding hydrogens is 178 g/mol. The third-order valence-corrected chi connectivity index (χ3v) is 3.47. The summed E-state index contributed by atoms with van der Waals surface area (Å²) in [6, 6.07) is 10.5. The molecule has 0 bridgehead atoms. The van der Waals surface area contributed by atoms with Crippen LogP contribution >= 0.6 is 12.2 Å². The highest BCUT2D eigenvalue weighted by molar-refractivity contribution is 7.80. The lowest BCUT2D eigenvalue weighted by Crippen LogP contribution is -2.20. The van der Waals surface area contributed by atoms with E-state index < -0.39 is 0 Å². The van der Waals surface area contributed by atoms with Crippen molar-refractivity contribution in [1.82, 2.24) is 0 Å². The van der Waals surface area contributed by atoms with Crippen LogP contribution < -0.4 is 5.73 Å². The topological polar surface area (TPSA) is 26.0 Å². The third kappa shape index (κ3) is 1.35. The van der Waals surface area contributed by atoms with Crippen LogP contribution in [0.2, 0.25) is 0 Å². The number of thiocarbonyl (C=S) groups is 1. The van der Waals surface area contributed by atoms with E-state index in [9.17, 15) is 0 Å². The molecular formula is C11H13NS. The van der Waals surface area contributed by atoms with E-state index >= 15 is 0 Å². The van der Waals surface area contributed by atoms with Crippen molar-refractivity contribution in [3.8, 4) is 0 Å². The van der Waals surface area contributed by atoms with Crippen molar-refractivity contribution < 1.29 is 0 Å². The fourth-order valence-electron chi connectivity index (χ4n) is 1.81. The summed E-state index contributed by atoms with van der Waals surface area (Å²) in [5.74, 6) is 0.547. The molecule has 13 heavy (non-hydrogen) atoms. The summed E-state index contributed by atoms with van der Waals surface area (Å²) < 4.78 is 0. The molecule has 1 aliphatic rings. The molecule has 2 rings (SSSR count). The predicted molar refractivity (Wildman–Crippen MR) is 58.7 cm³/mol. The first kappa shape index (κ1) is 8.70. The Morgan fingerprint density at radius 1 is 1.46 bits per heavy atom. The molecule has 2 unspecified atom stereocenters. The van der Waals surface area contributed by atoms with Gasteiger partial charge in [-0.1, -0.05) is 49.5 Å². The van der Waals surface area contributed by atoms with Crippen LogP contribution in [0.25, 0.3) is 0 Å². The molecule has 0 saturated heterocycles. The Bertz CT molecular complexity index is 333. The van der Waals surface area contributed by atoms with Crippen LogP contribution in [0.3, 0.4) is 0 Å². The van der Waals surface area contributed by atoms with Crippen molar-refractivity contribution in [3.63, 3.8) is 0 Å². The van der Waals surface area contributed by atoms with Crippen molar-refractivity contribution in [3.05, 3.63) is 35.9 Å². The van der Waals surface area contributed by atoms with Crippen molar-refractivity contribution in [2.75, 3.05) is 0 Å². The monoisotopic (exact) mass is 191 g/mol. The van der Waals surface area contributed by atoms with Crippen molar-refractivity contribution in [1.29, 1.82) is 0 Å². The van der Waals surface area contributed by atoms with E-state index in [1.165, 1.54) is 5.56 Å². The number of hydrogen-bond donors (Lipinski definition) is 1. The average Bonchev–Trinajstić information content (AvgIpc) is 2.81. The van der Waals surface area contributed by atoms with Crippen LogP contribution in [0.15, 0.2) is 30.3 Å². The van der Waals surface area contributed by atoms with E-state index in [0.29, 0.717) is 10.9 Å². The molecule has 0 amide bonds. The summed E-state index contributed by atoms with van der Waals surface area (Å²) in [5, 5.41) is 0. The first-order valence-corrected chi connectivity index (χ1v) is 4.90. The van der Waals surface area contributed by atoms with Gasteiger partial charge >= 0.3 is 0 Å².